The summed E-state index contributed by atoms with van der Waals surface area (Å²) in [5.74, 6) is 0.715. The van der Waals surface area contributed by atoms with Gasteiger partial charge in [0.2, 0.25) is 0 Å². The van der Waals surface area contributed by atoms with Gasteiger partial charge in [0, 0.05) is 17.3 Å². The minimum Gasteiger partial charge on any atom is -0.494 e. The fourth-order valence-electron chi connectivity index (χ4n) is 4.14. The van der Waals surface area contributed by atoms with Gasteiger partial charge in [-0.2, -0.15) is 5.10 Å². The molecular weight excluding hydrogens is 486 g/mol. The smallest absolute Gasteiger partial charge is 0.266 e. The van der Waals surface area contributed by atoms with Crippen LogP contribution < -0.4 is 4.74 Å². The zero-order chi connectivity index (χ0) is 25.1. The van der Waals surface area contributed by atoms with Crippen LogP contribution in [0.2, 0.25) is 0 Å². The lowest BCUT2D eigenvalue weighted by molar-refractivity contribution is -0.123. The summed E-state index contributed by atoms with van der Waals surface area (Å²) in [4.78, 5) is 15.8. The van der Waals surface area contributed by atoms with Gasteiger partial charge in [-0.05, 0) is 61.9 Å². The summed E-state index contributed by atoms with van der Waals surface area (Å²) in [5.41, 5.74) is 4.54. The number of thioether (sulfide) groups is 1. The highest BCUT2D eigenvalue weighted by atomic mass is 32.2. The third kappa shape index (κ3) is 4.85. The Labute approximate surface area is 220 Å². The quantitative estimate of drug-likeness (QED) is 0.199. The van der Waals surface area contributed by atoms with Crippen molar-refractivity contribution in [1.82, 2.24) is 14.7 Å². The predicted octanol–water partition coefficient (Wildman–Crippen LogP) is 6.90. The normalized spacial score (nSPS) is 15.5. The summed E-state index contributed by atoms with van der Waals surface area (Å²) in [7, 11) is 0. The van der Waals surface area contributed by atoms with E-state index in [0.717, 1.165) is 33.8 Å². The molecule has 1 atom stereocenters. The molecule has 2 heterocycles. The number of carbonyl (C=O) groups is 1. The van der Waals surface area contributed by atoms with Gasteiger partial charge in [0.25, 0.3) is 5.91 Å². The molecule has 1 aliphatic heterocycles. The fraction of sp³-hybridized carbons (Fsp3) is 0.138. The van der Waals surface area contributed by atoms with Gasteiger partial charge in [-0.15, -0.1) is 0 Å². The summed E-state index contributed by atoms with van der Waals surface area (Å²) in [5, 5.41) is 4.88. The zero-order valence-electron chi connectivity index (χ0n) is 20.0. The highest BCUT2D eigenvalue weighted by Gasteiger charge is 2.36. The largest absolute Gasteiger partial charge is 0.494 e. The molecule has 5 rings (SSSR count). The molecule has 1 unspecified atom stereocenters. The number of ether oxygens (including phenoxy) is 1. The molecule has 3 aromatic carbocycles. The highest BCUT2D eigenvalue weighted by Crippen LogP contribution is 2.39. The van der Waals surface area contributed by atoms with E-state index >= 15 is 0 Å². The molecule has 0 bridgehead atoms. The monoisotopic (exact) mass is 511 g/mol. The van der Waals surface area contributed by atoms with Crippen LogP contribution >= 0.6 is 24.0 Å². The predicted molar refractivity (Wildman–Crippen MR) is 150 cm³/mol. The minimum atomic E-state index is -0.151. The van der Waals surface area contributed by atoms with Crippen LogP contribution in [0.4, 0.5) is 0 Å². The summed E-state index contributed by atoms with van der Waals surface area (Å²) in [6.07, 6.45) is 3.85. The molecule has 7 heteroatoms. The first-order chi connectivity index (χ1) is 17.5. The van der Waals surface area contributed by atoms with Crippen LogP contribution in [0.5, 0.6) is 5.75 Å². The molecule has 1 fully saturated rings. The van der Waals surface area contributed by atoms with E-state index in [-0.39, 0.29) is 11.9 Å². The molecule has 1 saturated heterocycles. The number of hydrogen-bond donors (Lipinski definition) is 0. The molecule has 36 heavy (non-hydrogen) atoms. The minimum absolute atomic E-state index is 0.0912. The molecular formula is C29H25N3O2S2. The molecule has 1 aliphatic rings. The molecule has 0 saturated carbocycles. The van der Waals surface area contributed by atoms with Crippen LogP contribution in [0.15, 0.2) is 96.0 Å². The number of para-hydroxylation sites is 1. The molecule has 0 N–H and O–H groups in total. The Bertz CT molecular complexity index is 1410. The molecule has 1 aromatic heterocycles. The van der Waals surface area contributed by atoms with E-state index in [2.05, 4.69) is 0 Å². The number of thiocarbonyl (C=S) groups is 1. The van der Waals surface area contributed by atoms with Gasteiger partial charge in [0.1, 0.15) is 10.1 Å². The van der Waals surface area contributed by atoms with Gasteiger partial charge in [-0.3, -0.25) is 9.69 Å². The van der Waals surface area contributed by atoms with Crippen molar-refractivity contribution in [1.29, 1.82) is 0 Å². The maximum Gasteiger partial charge on any atom is 0.266 e. The maximum absolute atomic E-state index is 13.5. The van der Waals surface area contributed by atoms with E-state index in [9.17, 15) is 4.79 Å². The number of aromatic nitrogens is 2. The van der Waals surface area contributed by atoms with Gasteiger partial charge in [0.15, 0.2) is 0 Å². The average molecular weight is 512 g/mol. The Kier molecular flexibility index (Phi) is 7.02. The molecule has 5 nitrogen and oxygen atoms in total. The van der Waals surface area contributed by atoms with E-state index in [1.165, 1.54) is 11.8 Å². The number of hydrogen-bond acceptors (Lipinski definition) is 5. The fourth-order valence-corrected chi connectivity index (χ4v) is 5.55. The lowest BCUT2D eigenvalue weighted by Crippen LogP contribution is -2.30. The van der Waals surface area contributed by atoms with Crippen LogP contribution in [0.25, 0.3) is 23.0 Å². The Morgan fingerprint density at radius 2 is 1.67 bits per heavy atom. The van der Waals surface area contributed by atoms with Gasteiger partial charge >= 0.3 is 0 Å². The number of nitrogens with zero attached hydrogens (tertiary/aromatic N) is 3. The summed E-state index contributed by atoms with van der Waals surface area (Å²) in [6, 6.07) is 27.6. The van der Waals surface area contributed by atoms with Crippen molar-refractivity contribution in [2.45, 2.75) is 19.9 Å². The summed E-state index contributed by atoms with van der Waals surface area (Å²) in [6.45, 7) is 4.57. The Balaban J connectivity index is 1.53. The standard InChI is InChI=1S/C29H25N3O2S2/c1-3-34-25-16-14-22(15-17-25)27-23(19-31(30-27)24-12-8-5-9-13-24)18-26-28(33)32(29(35)36-26)20(2)21-10-6-4-7-11-21/h4-20H,3H2,1-2H3. The maximum atomic E-state index is 13.5. The second-order valence-electron chi connectivity index (χ2n) is 8.31. The summed E-state index contributed by atoms with van der Waals surface area (Å²) < 4.78 is 7.99. The second-order valence-corrected chi connectivity index (χ2v) is 9.98. The molecule has 0 radical (unpaired) electrons. The van der Waals surface area contributed by atoms with Crippen molar-refractivity contribution in [2.75, 3.05) is 6.61 Å². The van der Waals surface area contributed by atoms with Gasteiger partial charge < -0.3 is 4.74 Å². The first kappa shape index (κ1) is 24.0. The van der Waals surface area contributed by atoms with Crippen molar-refractivity contribution < 1.29 is 9.53 Å². The van der Waals surface area contributed by atoms with Crippen molar-refractivity contribution in [3.8, 4) is 22.7 Å². The van der Waals surface area contributed by atoms with E-state index in [1.54, 1.807) is 4.90 Å². The van der Waals surface area contributed by atoms with Crippen LogP contribution in [0, 0.1) is 0 Å². The number of amides is 1. The van der Waals surface area contributed by atoms with E-state index in [4.69, 9.17) is 22.1 Å². The van der Waals surface area contributed by atoms with Gasteiger partial charge in [0.05, 0.1) is 28.9 Å². The van der Waals surface area contributed by atoms with Crippen molar-refractivity contribution >= 4 is 40.3 Å². The van der Waals surface area contributed by atoms with E-state index < -0.39 is 0 Å². The lowest BCUT2D eigenvalue weighted by Gasteiger charge is -2.23. The molecule has 0 aliphatic carbocycles. The number of carbonyl (C=O) groups excluding carboxylic acids is 1. The summed E-state index contributed by atoms with van der Waals surface area (Å²) >= 11 is 6.96. The highest BCUT2D eigenvalue weighted by molar-refractivity contribution is 8.26. The van der Waals surface area contributed by atoms with Crippen LogP contribution in [0.1, 0.15) is 31.0 Å². The van der Waals surface area contributed by atoms with Crippen molar-refractivity contribution in [2.24, 2.45) is 0 Å². The van der Waals surface area contributed by atoms with E-state index in [0.29, 0.717) is 15.8 Å². The average Bonchev–Trinajstić information content (AvgIpc) is 3.45. The Morgan fingerprint density at radius 1 is 1.00 bits per heavy atom. The van der Waals surface area contributed by atoms with Crippen LogP contribution in [-0.2, 0) is 4.79 Å². The molecule has 180 valence electrons. The van der Waals surface area contributed by atoms with Crippen LogP contribution in [0.3, 0.4) is 0 Å². The zero-order valence-corrected chi connectivity index (χ0v) is 21.6. The van der Waals surface area contributed by atoms with Crippen LogP contribution in [-0.4, -0.2) is 31.5 Å². The van der Waals surface area contributed by atoms with Crippen molar-refractivity contribution in [3.05, 3.63) is 107 Å². The van der Waals surface area contributed by atoms with Gasteiger partial charge in [-0.25, -0.2) is 4.68 Å². The third-order valence-electron chi connectivity index (χ3n) is 5.98. The Morgan fingerprint density at radius 3 is 2.33 bits per heavy atom. The lowest BCUT2D eigenvalue weighted by atomic mass is 10.1. The second kappa shape index (κ2) is 10.5. The van der Waals surface area contributed by atoms with E-state index in [1.807, 2.05) is 116 Å². The van der Waals surface area contributed by atoms with Gasteiger partial charge in [-0.1, -0.05) is 72.5 Å². The Hall–Kier alpha value is -3.68. The molecule has 0 spiro atoms. The number of benzene rings is 3. The number of rotatable bonds is 7. The first-order valence-electron chi connectivity index (χ1n) is 11.8. The SMILES string of the molecule is CCOc1ccc(-c2nn(-c3ccccc3)cc2C=C2SC(=S)N(C(C)c3ccccc3)C2=O)cc1. The third-order valence-corrected chi connectivity index (χ3v) is 7.31. The van der Waals surface area contributed by atoms with Crippen molar-refractivity contribution in [3.63, 3.8) is 0 Å². The topological polar surface area (TPSA) is 47.4 Å². The first-order valence-corrected chi connectivity index (χ1v) is 13.0. The molecule has 1 amide bonds. The molecule has 4 aromatic rings.